The summed E-state index contributed by atoms with van der Waals surface area (Å²) in [7, 11) is 1.68. The number of ether oxygens (including phenoxy) is 1. The number of methoxy groups -OCH3 is 1. The Morgan fingerprint density at radius 2 is 1.47 bits per heavy atom. The molecule has 2 amide bonds. The zero-order valence-corrected chi connectivity index (χ0v) is 22.9. The number of benzene rings is 3. The number of carbonyl (C=O) groups is 2. The first-order chi connectivity index (χ1) is 18.6. The lowest BCUT2D eigenvalue weighted by atomic mass is 10.1. The first kappa shape index (κ1) is 31.8. The van der Waals surface area contributed by atoms with Gasteiger partial charge in [0.2, 0.25) is 12.8 Å². The number of carbonyl (C=O) groups excluding carboxylic acids is 2. The fraction of sp³-hybridized carbons (Fsp3) is 0.290. The number of aromatic hydroxyl groups is 1. The second-order valence-electron chi connectivity index (χ2n) is 7.90. The second kappa shape index (κ2) is 19.9. The summed E-state index contributed by atoms with van der Waals surface area (Å²) in [5.41, 5.74) is 4.86. The summed E-state index contributed by atoms with van der Waals surface area (Å²) in [5, 5.41) is 15.4. The van der Waals surface area contributed by atoms with Gasteiger partial charge in [-0.1, -0.05) is 63.2 Å². The Morgan fingerprint density at radius 1 is 0.816 bits per heavy atom. The number of aryl methyl sites for hydroxylation is 3. The van der Waals surface area contributed by atoms with Crippen LogP contribution in [0.4, 0.5) is 0 Å². The van der Waals surface area contributed by atoms with E-state index in [9.17, 15) is 14.7 Å². The van der Waals surface area contributed by atoms with Crippen LogP contribution in [-0.4, -0.2) is 43.1 Å². The lowest BCUT2D eigenvalue weighted by molar-refractivity contribution is -0.111. The van der Waals surface area contributed by atoms with Crippen LogP contribution in [0.25, 0.3) is 10.9 Å². The number of fused-ring (bicyclic) bond motifs is 1. The minimum absolute atomic E-state index is 0.323. The van der Waals surface area contributed by atoms with Crippen molar-refractivity contribution < 1.29 is 19.4 Å². The van der Waals surface area contributed by atoms with Gasteiger partial charge in [0.05, 0.1) is 7.11 Å². The highest BCUT2D eigenvalue weighted by Crippen LogP contribution is 2.22. The molecule has 0 aliphatic carbocycles. The van der Waals surface area contributed by atoms with Crippen molar-refractivity contribution in [3.05, 3.63) is 95.7 Å². The topological polar surface area (TPSA) is 103 Å². The Hall–Kier alpha value is -4.26. The van der Waals surface area contributed by atoms with E-state index < -0.39 is 0 Å². The molecule has 0 saturated carbocycles. The van der Waals surface area contributed by atoms with Crippen LogP contribution in [0.1, 0.15) is 37.6 Å². The zero-order chi connectivity index (χ0) is 28.0. The van der Waals surface area contributed by atoms with Crippen LogP contribution in [0, 0.1) is 0 Å². The zero-order valence-electron chi connectivity index (χ0n) is 22.9. The largest absolute Gasteiger partial charge is 0.508 e. The molecule has 4 N–H and O–H groups in total. The maximum atomic E-state index is 9.54. The maximum Gasteiger partial charge on any atom is 0.207 e. The van der Waals surface area contributed by atoms with E-state index in [1.165, 1.54) is 11.3 Å². The van der Waals surface area contributed by atoms with Crippen molar-refractivity contribution in [3.63, 3.8) is 0 Å². The predicted molar refractivity (Wildman–Crippen MR) is 156 cm³/mol. The fourth-order valence-electron chi connectivity index (χ4n) is 3.40. The summed E-state index contributed by atoms with van der Waals surface area (Å²) in [6, 6.07) is 26.0. The monoisotopic (exact) mass is 519 g/mol. The van der Waals surface area contributed by atoms with Crippen LogP contribution in [0.3, 0.4) is 0 Å². The molecule has 4 aromatic rings. The molecule has 7 heteroatoms. The third-order valence-electron chi connectivity index (χ3n) is 5.31. The van der Waals surface area contributed by atoms with Gasteiger partial charge in [-0.3, -0.25) is 9.59 Å². The molecule has 0 saturated heterocycles. The van der Waals surface area contributed by atoms with Crippen LogP contribution >= 0.6 is 0 Å². The molecule has 0 fully saturated rings. The Bertz CT molecular complexity index is 1170. The van der Waals surface area contributed by atoms with Crippen molar-refractivity contribution in [2.24, 2.45) is 0 Å². The summed E-state index contributed by atoms with van der Waals surface area (Å²) >= 11 is 0. The van der Waals surface area contributed by atoms with Crippen LogP contribution in [0.15, 0.2) is 78.9 Å². The Kier molecular flexibility index (Phi) is 16.6. The highest BCUT2D eigenvalue weighted by molar-refractivity contribution is 5.81. The van der Waals surface area contributed by atoms with Gasteiger partial charge in [-0.25, -0.2) is 0 Å². The summed E-state index contributed by atoms with van der Waals surface area (Å²) in [6.45, 7) is 7.14. The molecule has 1 heterocycles. The summed E-state index contributed by atoms with van der Waals surface area (Å²) in [5.74, 6) is 1.19. The molecule has 7 nitrogen and oxygen atoms in total. The van der Waals surface area contributed by atoms with Gasteiger partial charge >= 0.3 is 0 Å². The van der Waals surface area contributed by atoms with Gasteiger partial charge in [-0.2, -0.15) is 0 Å². The number of phenolic OH excluding ortho intramolecular Hbond substituents is 1. The lowest BCUT2D eigenvalue weighted by Crippen LogP contribution is -2.25. The van der Waals surface area contributed by atoms with Gasteiger partial charge in [-0.15, -0.1) is 0 Å². The van der Waals surface area contributed by atoms with Crippen molar-refractivity contribution >= 4 is 23.7 Å². The molecular weight excluding hydrogens is 478 g/mol. The molecule has 1 aromatic heterocycles. The predicted octanol–water partition coefficient (Wildman–Crippen LogP) is 5.42. The van der Waals surface area contributed by atoms with Crippen molar-refractivity contribution in [1.29, 1.82) is 0 Å². The molecule has 0 spiro atoms. The number of aromatic nitrogens is 1. The quantitative estimate of drug-likeness (QED) is 0.166. The number of nitrogens with one attached hydrogen (secondary N) is 3. The average molecular weight is 520 g/mol. The van der Waals surface area contributed by atoms with Crippen molar-refractivity contribution in [3.8, 4) is 11.5 Å². The summed E-state index contributed by atoms with van der Waals surface area (Å²) in [4.78, 5) is 22.5. The molecule has 3 aromatic carbocycles. The first-order valence-corrected chi connectivity index (χ1v) is 12.9. The van der Waals surface area contributed by atoms with Crippen LogP contribution in [0.2, 0.25) is 0 Å². The van der Waals surface area contributed by atoms with Gasteiger partial charge < -0.3 is 25.5 Å². The Balaban J connectivity index is 0.000000332. The Morgan fingerprint density at radius 3 is 2.03 bits per heavy atom. The number of amides is 2. The van der Waals surface area contributed by atoms with Gasteiger partial charge in [-0.05, 0) is 66.8 Å². The van der Waals surface area contributed by atoms with Gasteiger partial charge in [0, 0.05) is 29.7 Å². The van der Waals surface area contributed by atoms with E-state index in [4.69, 9.17) is 4.74 Å². The fourth-order valence-corrected chi connectivity index (χ4v) is 3.40. The second-order valence-corrected chi connectivity index (χ2v) is 7.90. The number of rotatable bonds is 10. The minimum Gasteiger partial charge on any atom is -0.508 e. The highest BCUT2D eigenvalue weighted by Gasteiger charge is 2.03. The Labute approximate surface area is 226 Å². The van der Waals surface area contributed by atoms with E-state index in [2.05, 4.69) is 52.9 Å². The van der Waals surface area contributed by atoms with E-state index >= 15 is 0 Å². The highest BCUT2D eigenvalue weighted by atomic mass is 16.5. The molecule has 0 aliphatic rings. The van der Waals surface area contributed by atoms with E-state index in [-0.39, 0.29) is 0 Å². The molecule has 204 valence electrons. The third kappa shape index (κ3) is 12.6. The normalized spacial score (nSPS) is 9.37. The van der Waals surface area contributed by atoms with E-state index in [0.29, 0.717) is 31.7 Å². The van der Waals surface area contributed by atoms with E-state index in [1.807, 2.05) is 56.3 Å². The standard InChI is InChI=1S/C17H17NO2.C8H10.C4H8N2O2.C2H6/c1-20-16-7-8-17-13(11-16)10-14(18-17)6-5-12-3-2-4-15(19)9-12;1-2-8-6-4-3-5-7-8;7-3-5-1-2-6-4-8;1-2/h2-4,7-11,18-19H,5-6H2,1H3;3-7H,2H2,1H3;3-4H,1-2H2,(H,5,7)(H,6,8);1-2H3. The molecule has 0 atom stereocenters. The molecule has 38 heavy (non-hydrogen) atoms. The van der Waals surface area contributed by atoms with Crippen LogP contribution in [0.5, 0.6) is 11.5 Å². The summed E-state index contributed by atoms with van der Waals surface area (Å²) < 4.78 is 5.23. The lowest BCUT2D eigenvalue weighted by Gasteiger charge is -2.00. The molecule has 0 bridgehead atoms. The molecule has 0 aliphatic heterocycles. The molecule has 0 unspecified atom stereocenters. The van der Waals surface area contributed by atoms with Gasteiger partial charge in [0.1, 0.15) is 11.5 Å². The minimum atomic E-state index is 0.323. The molecular formula is C31H41N3O4. The molecule has 4 rings (SSSR count). The number of H-pyrrole nitrogens is 1. The van der Waals surface area contributed by atoms with E-state index in [1.54, 1.807) is 13.2 Å². The number of phenols is 1. The van der Waals surface area contributed by atoms with Gasteiger partial charge in [0.15, 0.2) is 0 Å². The van der Waals surface area contributed by atoms with Crippen LogP contribution in [-0.2, 0) is 28.9 Å². The van der Waals surface area contributed by atoms with Crippen molar-refractivity contribution in [2.75, 3.05) is 20.2 Å². The first-order valence-electron chi connectivity index (χ1n) is 12.9. The SMILES string of the molecule is CC.CCc1ccccc1.COc1ccc2[nH]c(CCc3cccc(O)c3)cc2c1.O=CNCCNC=O. The number of aromatic amines is 1. The molecule has 0 radical (unpaired) electrons. The van der Waals surface area contributed by atoms with E-state index in [0.717, 1.165) is 41.5 Å². The number of hydrogen-bond acceptors (Lipinski definition) is 4. The van der Waals surface area contributed by atoms with Gasteiger partial charge in [0.25, 0.3) is 0 Å². The maximum absolute atomic E-state index is 9.54. The average Bonchev–Trinajstić information content (AvgIpc) is 3.39. The summed E-state index contributed by atoms with van der Waals surface area (Å²) in [6.07, 6.45) is 4.14. The third-order valence-corrected chi connectivity index (χ3v) is 5.31. The smallest absolute Gasteiger partial charge is 0.207 e. The number of hydrogen-bond donors (Lipinski definition) is 4. The van der Waals surface area contributed by atoms with Crippen LogP contribution < -0.4 is 15.4 Å². The van der Waals surface area contributed by atoms with Crippen molar-refractivity contribution in [1.82, 2.24) is 15.6 Å². The van der Waals surface area contributed by atoms with Crippen molar-refractivity contribution in [2.45, 2.75) is 40.0 Å².